The molecule has 1 aromatic heterocycles. The number of hydrogen-bond acceptors (Lipinski definition) is 4. The molecule has 29 heavy (non-hydrogen) atoms. The Kier molecular flexibility index (Phi) is 4.25. The van der Waals surface area contributed by atoms with Crippen LogP contribution in [-0.4, -0.2) is 21.9 Å². The molecule has 4 rings (SSSR count). The maximum absolute atomic E-state index is 13.2. The van der Waals surface area contributed by atoms with Gasteiger partial charge in [-0.2, -0.15) is 18.3 Å². The van der Waals surface area contributed by atoms with E-state index in [0.717, 1.165) is 17.2 Å². The van der Waals surface area contributed by atoms with Crippen LogP contribution in [0, 0.1) is 6.92 Å². The number of benzene rings is 2. The molecule has 1 aliphatic heterocycles. The Balaban J connectivity index is 1.56. The lowest BCUT2D eigenvalue weighted by atomic mass is 10.00. The normalized spacial score (nSPS) is 14.7. The lowest BCUT2D eigenvalue weighted by molar-refractivity contribution is -0.166. The third-order valence-corrected chi connectivity index (χ3v) is 4.69. The molecule has 0 atom stereocenters. The lowest BCUT2D eigenvalue weighted by Crippen LogP contribution is -2.30. The number of anilines is 1. The summed E-state index contributed by atoms with van der Waals surface area (Å²) in [7, 11) is 1.67. The second-order valence-corrected chi connectivity index (χ2v) is 6.81. The number of aryl methyl sites for hydroxylation is 2. The summed E-state index contributed by atoms with van der Waals surface area (Å²) < 4.78 is 41.1. The fourth-order valence-corrected chi connectivity index (χ4v) is 2.96. The first kappa shape index (κ1) is 18.9. The van der Waals surface area contributed by atoms with Gasteiger partial charge in [0, 0.05) is 29.8 Å². The summed E-state index contributed by atoms with van der Waals surface area (Å²) in [4.78, 5) is 12.6. The molecule has 2 heterocycles. The summed E-state index contributed by atoms with van der Waals surface area (Å²) in [6.45, 7) is 1.98. The van der Waals surface area contributed by atoms with Crippen LogP contribution >= 0.6 is 0 Å². The molecule has 2 aromatic carbocycles. The molecular formula is C20H16F3N5O. The molecule has 0 aliphatic carbocycles. The molecule has 0 radical (unpaired) electrons. The van der Waals surface area contributed by atoms with Gasteiger partial charge < -0.3 is 5.32 Å². The van der Waals surface area contributed by atoms with Gasteiger partial charge >= 0.3 is 11.8 Å². The SMILES string of the molecule is Cc1ccc(-c2cc(NC(=O)c3cccc(C4(C(F)(F)F)N=N4)c3)n(C)n2)cc1. The van der Waals surface area contributed by atoms with Crippen molar-refractivity contribution in [1.82, 2.24) is 9.78 Å². The first-order valence-corrected chi connectivity index (χ1v) is 8.73. The summed E-state index contributed by atoms with van der Waals surface area (Å²) in [6, 6.07) is 14.7. The highest BCUT2D eigenvalue weighted by Gasteiger charge is 2.65. The first-order valence-electron chi connectivity index (χ1n) is 8.73. The zero-order valence-corrected chi connectivity index (χ0v) is 15.5. The minimum absolute atomic E-state index is 0.0708. The second-order valence-electron chi connectivity index (χ2n) is 6.81. The average molecular weight is 399 g/mol. The van der Waals surface area contributed by atoms with E-state index in [2.05, 4.69) is 20.6 Å². The van der Waals surface area contributed by atoms with E-state index in [9.17, 15) is 18.0 Å². The van der Waals surface area contributed by atoms with Crippen LogP contribution in [0.15, 0.2) is 64.8 Å². The van der Waals surface area contributed by atoms with Crippen LogP contribution in [0.2, 0.25) is 0 Å². The van der Waals surface area contributed by atoms with Gasteiger partial charge in [0.1, 0.15) is 5.82 Å². The summed E-state index contributed by atoms with van der Waals surface area (Å²) in [6.07, 6.45) is -4.65. The number of aromatic nitrogens is 2. The van der Waals surface area contributed by atoms with Crippen LogP contribution in [0.25, 0.3) is 11.3 Å². The van der Waals surface area contributed by atoms with Gasteiger partial charge in [0.2, 0.25) is 0 Å². The Labute approximate surface area is 164 Å². The van der Waals surface area contributed by atoms with Crippen molar-refractivity contribution < 1.29 is 18.0 Å². The molecule has 0 spiro atoms. The van der Waals surface area contributed by atoms with Gasteiger partial charge in [0.15, 0.2) is 0 Å². The molecule has 6 nitrogen and oxygen atoms in total. The molecule has 148 valence electrons. The van der Waals surface area contributed by atoms with E-state index in [1.54, 1.807) is 13.1 Å². The van der Waals surface area contributed by atoms with Gasteiger partial charge in [0.25, 0.3) is 5.91 Å². The highest BCUT2D eigenvalue weighted by atomic mass is 19.4. The second kappa shape index (κ2) is 6.54. The Morgan fingerprint density at radius 2 is 1.76 bits per heavy atom. The number of alkyl halides is 3. The lowest BCUT2D eigenvalue weighted by Gasteiger charge is -2.15. The Morgan fingerprint density at radius 1 is 1.07 bits per heavy atom. The smallest absolute Gasteiger partial charge is 0.307 e. The summed E-state index contributed by atoms with van der Waals surface area (Å²) in [5.74, 6) is -0.134. The van der Waals surface area contributed by atoms with Crippen LogP contribution in [0.5, 0.6) is 0 Å². The van der Waals surface area contributed by atoms with Gasteiger partial charge in [0.05, 0.1) is 5.69 Å². The van der Waals surface area contributed by atoms with E-state index in [1.807, 2.05) is 31.2 Å². The molecular weight excluding hydrogens is 383 g/mol. The van der Waals surface area contributed by atoms with Gasteiger partial charge in [-0.15, -0.1) is 10.2 Å². The van der Waals surface area contributed by atoms with Crippen molar-refractivity contribution in [3.05, 3.63) is 71.3 Å². The molecule has 0 saturated carbocycles. The van der Waals surface area contributed by atoms with Crippen LogP contribution in [-0.2, 0) is 12.7 Å². The van der Waals surface area contributed by atoms with Crippen LogP contribution in [0.1, 0.15) is 21.5 Å². The summed E-state index contributed by atoms with van der Waals surface area (Å²) in [5, 5.41) is 13.4. The standard InChI is InChI=1S/C20H16F3N5O/c1-12-6-8-13(9-7-12)16-11-17(28(2)25-16)24-18(29)14-4-3-5-15(10-14)19(26-27-19)20(21,22)23/h3-11H,1-2H3,(H,24,29). The molecule has 1 N–H and O–H groups in total. The van der Waals surface area contributed by atoms with E-state index in [0.29, 0.717) is 11.5 Å². The number of rotatable bonds is 4. The zero-order chi connectivity index (χ0) is 20.8. The molecule has 1 aliphatic rings. The van der Waals surface area contributed by atoms with E-state index in [1.165, 1.54) is 22.9 Å². The van der Waals surface area contributed by atoms with Gasteiger partial charge in [-0.3, -0.25) is 9.48 Å². The molecule has 0 saturated heterocycles. The monoisotopic (exact) mass is 399 g/mol. The van der Waals surface area contributed by atoms with E-state index in [4.69, 9.17) is 0 Å². The third-order valence-electron chi connectivity index (χ3n) is 4.69. The van der Waals surface area contributed by atoms with Crippen molar-refractivity contribution >= 4 is 11.7 Å². The van der Waals surface area contributed by atoms with Crippen LogP contribution < -0.4 is 5.32 Å². The summed E-state index contributed by atoms with van der Waals surface area (Å²) >= 11 is 0. The van der Waals surface area contributed by atoms with Gasteiger partial charge in [-0.25, -0.2) is 0 Å². The minimum Gasteiger partial charge on any atom is -0.307 e. The molecule has 0 unspecified atom stereocenters. The number of amides is 1. The van der Waals surface area contributed by atoms with E-state index in [-0.39, 0.29) is 11.1 Å². The number of hydrogen-bond donors (Lipinski definition) is 1. The maximum atomic E-state index is 13.2. The van der Waals surface area contributed by atoms with Gasteiger partial charge in [-0.1, -0.05) is 42.0 Å². The minimum atomic E-state index is -4.65. The van der Waals surface area contributed by atoms with Crippen molar-refractivity contribution in [3.8, 4) is 11.3 Å². The zero-order valence-electron chi connectivity index (χ0n) is 15.5. The molecule has 0 bridgehead atoms. The highest BCUT2D eigenvalue weighted by molar-refractivity contribution is 6.04. The van der Waals surface area contributed by atoms with Crippen molar-refractivity contribution in [3.63, 3.8) is 0 Å². The van der Waals surface area contributed by atoms with E-state index >= 15 is 0 Å². The number of carbonyl (C=O) groups excluding carboxylic acids is 1. The van der Waals surface area contributed by atoms with E-state index < -0.39 is 17.7 Å². The van der Waals surface area contributed by atoms with Crippen LogP contribution in [0.4, 0.5) is 19.0 Å². The Hall–Kier alpha value is -3.49. The molecule has 3 aromatic rings. The number of nitrogens with one attached hydrogen (secondary N) is 1. The first-order chi connectivity index (χ1) is 13.7. The summed E-state index contributed by atoms with van der Waals surface area (Å²) in [5.41, 5.74) is -0.0108. The van der Waals surface area contributed by atoms with Crippen LogP contribution in [0.3, 0.4) is 0 Å². The average Bonchev–Trinajstić information content (AvgIpc) is 3.43. The Bertz CT molecular complexity index is 1110. The predicted octanol–water partition coefficient (Wildman–Crippen LogP) is 4.83. The fraction of sp³-hybridized carbons (Fsp3) is 0.200. The number of carbonyl (C=O) groups is 1. The largest absolute Gasteiger partial charge is 0.442 e. The fourth-order valence-electron chi connectivity index (χ4n) is 2.96. The third kappa shape index (κ3) is 3.39. The Morgan fingerprint density at radius 3 is 2.38 bits per heavy atom. The number of nitrogens with zero attached hydrogens (tertiary/aromatic N) is 4. The maximum Gasteiger partial charge on any atom is 0.442 e. The molecule has 9 heteroatoms. The molecule has 1 amide bonds. The van der Waals surface area contributed by atoms with Crippen molar-refractivity contribution in [1.29, 1.82) is 0 Å². The number of halogens is 3. The van der Waals surface area contributed by atoms with Gasteiger partial charge in [-0.05, 0) is 19.1 Å². The highest BCUT2D eigenvalue weighted by Crippen LogP contribution is 2.52. The molecule has 0 fully saturated rings. The van der Waals surface area contributed by atoms with Crippen molar-refractivity contribution in [2.45, 2.75) is 18.8 Å². The quantitative estimate of drug-likeness (QED) is 0.683. The predicted molar refractivity (Wildman–Crippen MR) is 100 cm³/mol. The van der Waals surface area contributed by atoms with Crippen molar-refractivity contribution in [2.75, 3.05) is 5.32 Å². The topological polar surface area (TPSA) is 71.6 Å². The van der Waals surface area contributed by atoms with Crippen molar-refractivity contribution in [2.24, 2.45) is 17.3 Å².